The molecule has 0 saturated carbocycles. The number of hydrogen-bond acceptors (Lipinski definition) is 4. The lowest BCUT2D eigenvalue weighted by Crippen LogP contribution is -2.14. The Balaban J connectivity index is 1.91. The average Bonchev–Trinajstić information content (AvgIpc) is 3.12. The minimum atomic E-state index is -2.36. The van der Waals surface area contributed by atoms with Crippen molar-refractivity contribution < 1.29 is 9.22 Å². The Labute approximate surface area is 143 Å². The first-order valence-electron chi connectivity index (χ1n) is 9.10. The van der Waals surface area contributed by atoms with Gasteiger partial charge in [-0.1, -0.05) is 17.3 Å². The summed E-state index contributed by atoms with van der Waals surface area (Å²) in [6.45, 7) is 1.11. The van der Waals surface area contributed by atoms with Gasteiger partial charge >= 0.3 is 0 Å². The van der Waals surface area contributed by atoms with Gasteiger partial charge in [-0.2, -0.15) is 0 Å². The normalized spacial score (nSPS) is 14.8. The lowest BCUT2D eigenvalue weighted by molar-refractivity contribution is 0.0787. The summed E-state index contributed by atoms with van der Waals surface area (Å²) < 4.78 is 24.5. The van der Waals surface area contributed by atoms with E-state index in [0.717, 1.165) is 27.5 Å². The van der Waals surface area contributed by atoms with Crippen LogP contribution in [0.5, 0.6) is 0 Å². The van der Waals surface area contributed by atoms with Crippen LogP contribution in [0.15, 0.2) is 30.5 Å². The molecule has 0 bridgehead atoms. The van der Waals surface area contributed by atoms with E-state index >= 15 is 0 Å². The van der Waals surface area contributed by atoms with Crippen LogP contribution >= 0.6 is 0 Å². The molecule has 0 aliphatic heterocycles. The van der Waals surface area contributed by atoms with Crippen molar-refractivity contribution in [2.45, 2.75) is 26.3 Å². The van der Waals surface area contributed by atoms with Gasteiger partial charge in [0.2, 0.25) is 0 Å². The summed E-state index contributed by atoms with van der Waals surface area (Å²) in [6.07, 6.45) is 1.63. The molecule has 3 heterocycles. The predicted octanol–water partition coefficient (Wildman–Crippen LogP) is 3.05. The fraction of sp³-hybridized carbons (Fsp3) is 0.278. The number of nitrogens with zero attached hydrogens (tertiary/aromatic N) is 4. The molecule has 2 N–H and O–H groups in total. The first kappa shape index (κ1) is 11.8. The monoisotopic (exact) mass is 324 g/mol. The highest BCUT2D eigenvalue weighted by atomic mass is 16.3. The van der Waals surface area contributed by atoms with Gasteiger partial charge < -0.3 is 10.1 Å². The second-order valence-electron chi connectivity index (χ2n) is 6.47. The van der Waals surface area contributed by atoms with Crippen molar-refractivity contribution in [3.8, 4) is 11.3 Å². The molecule has 0 aliphatic carbocycles. The summed E-state index contributed by atoms with van der Waals surface area (Å²) in [6, 6.07) is 7.55. The smallest absolute Gasteiger partial charge is 0.0958 e. The van der Waals surface area contributed by atoms with E-state index in [-0.39, 0.29) is 5.69 Å². The molecular weight excluding hydrogens is 302 g/mol. The zero-order valence-corrected chi connectivity index (χ0v) is 13.6. The molecule has 6 nitrogen and oxygen atoms in total. The Morgan fingerprint density at radius 1 is 1.25 bits per heavy atom. The van der Waals surface area contributed by atoms with E-state index in [4.69, 9.17) is 4.11 Å². The zero-order chi connectivity index (χ0) is 19.6. The third kappa shape index (κ3) is 2.18. The molecule has 1 aromatic carbocycles. The highest BCUT2D eigenvalue weighted by molar-refractivity contribution is 6.05. The maximum Gasteiger partial charge on any atom is 0.0958 e. The molecule has 6 heteroatoms. The summed E-state index contributed by atoms with van der Waals surface area (Å²) in [5, 5.41) is 18.8. The van der Waals surface area contributed by atoms with Crippen LogP contribution in [0.25, 0.3) is 33.2 Å². The number of nitrogens with one attached hydrogen (secondary N) is 1. The van der Waals surface area contributed by atoms with E-state index < -0.39 is 12.5 Å². The van der Waals surface area contributed by atoms with Gasteiger partial charge in [-0.25, -0.2) is 4.68 Å². The van der Waals surface area contributed by atoms with Gasteiger partial charge in [-0.3, -0.25) is 4.98 Å². The predicted molar refractivity (Wildman–Crippen MR) is 93.6 cm³/mol. The van der Waals surface area contributed by atoms with E-state index in [0.29, 0.717) is 11.3 Å². The molecule has 24 heavy (non-hydrogen) atoms. The molecule has 0 atom stereocenters. The SMILES string of the molecule is [2H]C([2H])([2H])c1nnn(C)c1-c1cnc2c(c1)[nH]c1cc(C(C)(C)O)ccc12. The van der Waals surface area contributed by atoms with Crippen LogP contribution in [0, 0.1) is 6.85 Å². The van der Waals surface area contributed by atoms with Gasteiger partial charge in [0.05, 0.1) is 28.0 Å². The summed E-state index contributed by atoms with van der Waals surface area (Å²) in [5.41, 5.74) is 3.24. The van der Waals surface area contributed by atoms with Crippen LogP contribution in [0.3, 0.4) is 0 Å². The number of aryl methyl sites for hydroxylation is 2. The average molecular weight is 324 g/mol. The molecule has 3 aromatic heterocycles. The fourth-order valence-corrected chi connectivity index (χ4v) is 2.96. The summed E-state index contributed by atoms with van der Waals surface area (Å²) in [4.78, 5) is 7.84. The minimum Gasteiger partial charge on any atom is -0.386 e. The van der Waals surface area contributed by atoms with Crippen molar-refractivity contribution in [1.82, 2.24) is 25.0 Å². The Kier molecular flexibility index (Phi) is 2.39. The number of aliphatic hydroxyl groups is 1. The lowest BCUT2D eigenvalue weighted by Gasteiger charge is -2.17. The van der Waals surface area contributed by atoms with Gasteiger partial charge in [-0.05, 0) is 38.4 Å². The van der Waals surface area contributed by atoms with Crippen molar-refractivity contribution in [3.63, 3.8) is 0 Å². The first-order chi connectivity index (χ1) is 12.6. The molecular formula is C18H19N5O. The van der Waals surface area contributed by atoms with Gasteiger partial charge in [0, 0.05) is 33.8 Å². The molecule has 122 valence electrons. The molecule has 4 aromatic rings. The maximum absolute atomic E-state index is 10.2. The molecule has 0 saturated heterocycles. The number of fused-ring (bicyclic) bond motifs is 3. The van der Waals surface area contributed by atoms with Gasteiger partial charge in [0.15, 0.2) is 0 Å². The molecule has 0 spiro atoms. The van der Waals surface area contributed by atoms with E-state index in [2.05, 4.69) is 20.3 Å². The Hall–Kier alpha value is -2.73. The molecule has 0 aliphatic rings. The highest BCUT2D eigenvalue weighted by Gasteiger charge is 2.18. The van der Waals surface area contributed by atoms with E-state index in [9.17, 15) is 5.11 Å². The van der Waals surface area contributed by atoms with Crippen molar-refractivity contribution in [1.29, 1.82) is 0 Å². The highest BCUT2D eigenvalue weighted by Crippen LogP contribution is 2.31. The number of pyridine rings is 1. The first-order valence-corrected chi connectivity index (χ1v) is 7.60. The van der Waals surface area contributed by atoms with Gasteiger partial charge in [-0.15, -0.1) is 5.10 Å². The molecule has 0 amide bonds. The van der Waals surface area contributed by atoms with Crippen LogP contribution in [0.4, 0.5) is 0 Å². The molecule has 0 fully saturated rings. The zero-order valence-electron chi connectivity index (χ0n) is 16.6. The Bertz CT molecular complexity index is 1170. The number of benzene rings is 1. The molecule has 0 radical (unpaired) electrons. The van der Waals surface area contributed by atoms with Crippen molar-refractivity contribution in [2.75, 3.05) is 0 Å². The van der Waals surface area contributed by atoms with Gasteiger partial charge in [0.25, 0.3) is 0 Å². The third-order valence-corrected chi connectivity index (χ3v) is 4.24. The number of H-pyrrole nitrogens is 1. The Morgan fingerprint density at radius 2 is 2.08 bits per heavy atom. The summed E-state index contributed by atoms with van der Waals surface area (Å²) >= 11 is 0. The quantitative estimate of drug-likeness (QED) is 0.594. The topological polar surface area (TPSA) is 79.6 Å². The van der Waals surface area contributed by atoms with Crippen LogP contribution in [0.1, 0.15) is 29.2 Å². The molecule has 0 unspecified atom stereocenters. The van der Waals surface area contributed by atoms with E-state index in [1.807, 2.05) is 24.3 Å². The second kappa shape index (κ2) is 4.88. The number of rotatable bonds is 2. The number of aromatic nitrogens is 5. The van der Waals surface area contributed by atoms with Crippen LogP contribution < -0.4 is 0 Å². The van der Waals surface area contributed by atoms with Gasteiger partial charge in [0.1, 0.15) is 0 Å². The lowest BCUT2D eigenvalue weighted by atomic mass is 9.97. The third-order valence-electron chi connectivity index (χ3n) is 4.24. The molecule has 4 rings (SSSR count). The minimum absolute atomic E-state index is 0.0495. The summed E-state index contributed by atoms with van der Waals surface area (Å²) in [7, 11) is 1.66. The van der Waals surface area contributed by atoms with Crippen molar-refractivity contribution in [2.24, 2.45) is 7.05 Å². The standard InChI is InChI=1S/C18H19N5O/c1-10-17(23(4)22-21-10)11-7-15-16(19-9-11)13-6-5-12(18(2,3)24)8-14(13)20-15/h5-9,20,24H,1-4H3/i1D3. The van der Waals surface area contributed by atoms with Crippen LogP contribution in [-0.2, 0) is 12.6 Å². The summed E-state index contributed by atoms with van der Waals surface area (Å²) in [5.74, 6) is 0. The van der Waals surface area contributed by atoms with E-state index in [1.54, 1.807) is 27.1 Å². The van der Waals surface area contributed by atoms with Crippen molar-refractivity contribution in [3.05, 3.63) is 41.7 Å². The van der Waals surface area contributed by atoms with E-state index in [1.165, 1.54) is 4.68 Å². The fourth-order valence-electron chi connectivity index (χ4n) is 2.96. The maximum atomic E-state index is 10.2. The number of hydrogen-bond donors (Lipinski definition) is 2. The van der Waals surface area contributed by atoms with Crippen LogP contribution in [-0.4, -0.2) is 30.1 Å². The van der Waals surface area contributed by atoms with Crippen molar-refractivity contribution >= 4 is 21.9 Å². The largest absolute Gasteiger partial charge is 0.386 e. The second-order valence-corrected chi connectivity index (χ2v) is 6.47. The number of aromatic amines is 1. The Morgan fingerprint density at radius 3 is 2.83 bits per heavy atom. The van der Waals surface area contributed by atoms with Crippen LogP contribution in [0.2, 0.25) is 0 Å².